The molecule has 0 bridgehead atoms. The molecule has 0 N–H and O–H groups in total. The topological polar surface area (TPSA) is 4.93 Å². The number of nitrogens with zero attached hydrogens (tertiary/aromatic N) is 1. The lowest BCUT2D eigenvalue weighted by Crippen LogP contribution is -2.09. The lowest BCUT2D eigenvalue weighted by molar-refractivity contribution is 0.151. The van der Waals surface area contributed by atoms with Crippen LogP contribution in [0, 0.1) is 5.92 Å². The van der Waals surface area contributed by atoms with Crippen molar-refractivity contribution >= 4 is 0 Å². The minimum atomic E-state index is -2.36. The molecule has 0 radical (unpaired) electrons. The molecule has 0 saturated heterocycles. The maximum absolute atomic E-state index is 12.2. The minimum absolute atomic E-state index is 0.104. The first-order valence-electron chi connectivity index (χ1n) is 4.48. The maximum Gasteiger partial charge on any atom is 0.265 e. The molecule has 0 amide bonds. The molecule has 0 aliphatic heterocycles. The first-order valence-corrected chi connectivity index (χ1v) is 4.48. The molecule has 13 heavy (non-hydrogen) atoms. The maximum atomic E-state index is 12.2. The highest BCUT2D eigenvalue weighted by atomic mass is 19.3. The van der Waals surface area contributed by atoms with Crippen LogP contribution in [0.4, 0.5) is 8.78 Å². The van der Waals surface area contributed by atoms with Crippen LogP contribution in [0.5, 0.6) is 0 Å². The van der Waals surface area contributed by atoms with Gasteiger partial charge >= 0.3 is 0 Å². The predicted molar refractivity (Wildman–Crippen MR) is 48.9 cm³/mol. The van der Waals surface area contributed by atoms with Crippen LogP contribution in [0.1, 0.15) is 38.8 Å². The van der Waals surface area contributed by atoms with Crippen molar-refractivity contribution in [3.05, 3.63) is 24.0 Å². The molecule has 74 valence electrons. The van der Waals surface area contributed by atoms with E-state index >= 15 is 0 Å². The third kappa shape index (κ3) is 2.29. The Morgan fingerprint density at radius 2 is 1.85 bits per heavy atom. The number of hydrogen-bond acceptors (Lipinski definition) is 0. The summed E-state index contributed by atoms with van der Waals surface area (Å²) in [5.41, 5.74) is 0.104. The summed E-state index contributed by atoms with van der Waals surface area (Å²) in [5, 5.41) is 0. The Hall–Kier alpha value is -0.860. The number of hydrogen-bond donors (Lipinski definition) is 0. The van der Waals surface area contributed by atoms with Crippen LogP contribution < -0.4 is 0 Å². The number of alkyl halides is 2. The molecule has 0 aliphatic rings. The van der Waals surface area contributed by atoms with Gasteiger partial charge in [0.2, 0.25) is 0 Å². The fraction of sp³-hybridized carbons (Fsp3) is 0.600. The van der Waals surface area contributed by atoms with Gasteiger partial charge in [-0.05, 0) is 18.9 Å². The molecule has 0 spiro atoms. The summed E-state index contributed by atoms with van der Waals surface area (Å²) >= 11 is 0. The lowest BCUT2D eigenvalue weighted by Gasteiger charge is -2.17. The third-order valence-electron chi connectivity index (χ3n) is 2.42. The minimum Gasteiger partial charge on any atom is -0.351 e. The van der Waals surface area contributed by atoms with Gasteiger partial charge in [0.05, 0.1) is 0 Å². The molecule has 0 fully saturated rings. The molecule has 0 saturated carbocycles. The average molecular weight is 187 g/mol. The Balaban J connectivity index is 2.79. The smallest absolute Gasteiger partial charge is 0.265 e. The van der Waals surface area contributed by atoms with Gasteiger partial charge in [-0.3, -0.25) is 0 Å². The summed E-state index contributed by atoms with van der Waals surface area (Å²) in [6.45, 7) is 6.18. The van der Waals surface area contributed by atoms with Gasteiger partial charge in [0.1, 0.15) is 0 Å². The first-order chi connectivity index (χ1) is 6.02. The normalized spacial score (nSPS) is 14.1. The molecule has 3 heteroatoms. The fourth-order valence-electron chi connectivity index (χ4n) is 1.16. The first kappa shape index (κ1) is 10.2. The highest BCUT2D eigenvalue weighted by molar-refractivity contribution is 5.12. The van der Waals surface area contributed by atoms with Gasteiger partial charge in [-0.15, -0.1) is 0 Å². The Morgan fingerprint density at radius 1 is 1.23 bits per heavy atom. The van der Waals surface area contributed by atoms with Gasteiger partial charge in [0.25, 0.3) is 6.43 Å². The zero-order valence-corrected chi connectivity index (χ0v) is 8.17. The van der Waals surface area contributed by atoms with Crippen LogP contribution >= 0.6 is 0 Å². The molecule has 0 unspecified atom stereocenters. The van der Waals surface area contributed by atoms with E-state index in [-0.39, 0.29) is 11.6 Å². The summed E-state index contributed by atoms with van der Waals surface area (Å²) in [6, 6.07) is 1.75. The summed E-state index contributed by atoms with van der Waals surface area (Å²) < 4.78 is 26.3. The van der Waals surface area contributed by atoms with Gasteiger partial charge in [0, 0.05) is 24.0 Å². The van der Waals surface area contributed by atoms with Crippen molar-refractivity contribution in [1.29, 1.82) is 0 Å². The zero-order valence-electron chi connectivity index (χ0n) is 8.17. The SMILES string of the molecule is CC(C)[C@@H](C)n1ccc(C(F)F)c1. The third-order valence-corrected chi connectivity index (χ3v) is 2.42. The number of halogens is 2. The van der Waals surface area contributed by atoms with Crippen LogP contribution in [0.3, 0.4) is 0 Å². The fourth-order valence-corrected chi connectivity index (χ4v) is 1.16. The van der Waals surface area contributed by atoms with Crippen LogP contribution in [0.2, 0.25) is 0 Å². The Labute approximate surface area is 77.4 Å². The number of aromatic nitrogens is 1. The standard InChI is InChI=1S/C10H15F2N/c1-7(2)8(3)13-5-4-9(6-13)10(11)12/h4-8,10H,1-3H3/t8-/m1/s1. The predicted octanol–water partition coefficient (Wildman–Crippen LogP) is 3.64. The van der Waals surface area contributed by atoms with E-state index < -0.39 is 6.43 Å². The van der Waals surface area contributed by atoms with Gasteiger partial charge in [-0.1, -0.05) is 13.8 Å². The van der Waals surface area contributed by atoms with E-state index in [2.05, 4.69) is 13.8 Å². The second-order valence-electron chi connectivity index (χ2n) is 3.68. The Kier molecular flexibility index (Phi) is 3.07. The molecular weight excluding hydrogens is 172 g/mol. The van der Waals surface area contributed by atoms with E-state index in [0.29, 0.717) is 5.92 Å². The summed E-state index contributed by atoms with van der Waals surface area (Å²) in [4.78, 5) is 0. The van der Waals surface area contributed by atoms with Gasteiger partial charge < -0.3 is 4.57 Å². The van der Waals surface area contributed by atoms with E-state index in [0.717, 1.165) is 0 Å². The van der Waals surface area contributed by atoms with Crippen LogP contribution in [-0.2, 0) is 0 Å². The van der Waals surface area contributed by atoms with Crippen LogP contribution in [0.15, 0.2) is 18.5 Å². The Morgan fingerprint density at radius 3 is 2.23 bits per heavy atom. The molecule has 1 nitrogen and oxygen atoms in total. The molecule has 0 aromatic carbocycles. The quantitative estimate of drug-likeness (QED) is 0.680. The molecule has 0 aliphatic carbocycles. The van der Waals surface area contributed by atoms with Crippen LogP contribution in [-0.4, -0.2) is 4.57 Å². The van der Waals surface area contributed by atoms with Gasteiger partial charge in [0.15, 0.2) is 0 Å². The second-order valence-corrected chi connectivity index (χ2v) is 3.68. The molecular formula is C10H15F2N. The molecule has 1 atom stereocenters. The van der Waals surface area contributed by atoms with Crippen molar-refractivity contribution in [3.8, 4) is 0 Å². The van der Waals surface area contributed by atoms with Crippen LogP contribution in [0.25, 0.3) is 0 Å². The largest absolute Gasteiger partial charge is 0.351 e. The van der Waals surface area contributed by atoms with Crippen molar-refractivity contribution in [3.63, 3.8) is 0 Å². The molecule has 1 heterocycles. The van der Waals surface area contributed by atoms with Crippen molar-refractivity contribution < 1.29 is 8.78 Å². The van der Waals surface area contributed by atoms with Crippen molar-refractivity contribution in [2.75, 3.05) is 0 Å². The van der Waals surface area contributed by atoms with Crippen molar-refractivity contribution in [2.24, 2.45) is 5.92 Å². The van der Waals surface area contributed by atoms with Gasteiger partial charge in [-0.25, -0.2) is 8.78 Å². The van der Waals surface area contributed by atoms with E-state index in [1.54, 1.807) is 6.20 Å². The zero-order chi connectivity index (χ0) is 10.0. The van der Waals surface area contributed by atoms with E-state index in [9.17, 15) is 8.78 Å². The number of rotatable bonds is 3. The van der Waals surface area contributed by atoms with E-state index in [4.69, 9.17) is 0 Å². The molecule has 1 rings (SSSR count). The Bertz CT molecular complexity index is 266. The van der Waals surface area contributed by atoms with E-state index in [1.807, 2.05) is 11.5 Å². The van der Waals surface area contributed by atoms with Gasteiger partial charge in [-0.2, -0.15) is 0 Å². The average Bonchev–Trinajstić information content (AvgIpc) is 2.50. The summed E-state index contributed by atoms with van der Waals surface area (Å²) in [6.07, 6.45) is 0.877. The highest BCUT2D eigenvalue weighted by Crippen LogP contribution is 2.23. The highest BCUT2D eigenvalue weighted by Gasteiger charge is 2.12. The molecule has 1 aromatic heterocycles. The summed E-state index contributed by atoms with van der Waals surface area (Å²) in [5.74, 6) is 0.456. The van der Waals surface area contributed by atoms with Crippen molar-refractivity contribution in [2.45, 2.75) is 33.2 Å². The monoisotopic (exact) mass is 187 g/mol. The lowest BCUT2D eigenvalue weighted by atomic mass is 10.1. The summed E-state index contributed by atoms with van der Waals surface area (Å²) in [7, 11) is 0. The molecule has 1 aromatic rings. The van der Waals surface area contributed by atoms with E-state index in [1.165, 1.54) is 12.3 Å². The van der Waals surface area contributed by atoms with Crippen molar-refractivity contribution in [1.82, 2.24) is 4.57 Å². The second kappa shape index (κ2) is 3.90.